The number of nitrogens with one attached hydrogen (secondary N) is 1. The van der Waals surface area contributed by atoms with Crippen LogP contribution in [0.25, 0.3) is 0 Å². The van der Waals surface area contributed by atoms with Crippen LogP contribution in [0.3, 0.4) is 0 Å². The SMILES string of the molecule is O=C(N[C@@H]1CCc2ccccc21)OCc1ccccc1. The van der Waals surface area contributed by atoms with Gasteiger partial charge < -0.3 is 10.1 Å². The Balaban J connectivity index is 1.55. The molecule has 0 radical (unpaired) electrons. The number of alkyl carbamates (subject to hydrolysis) is 1. The molecule has 0 fully saturated rings. The van der Waals surface area contributed by atoms with Gasteiger partial charge in [0.1, 0.15) is 6.61 Å². The maximum Gasteiger partial charge on any atom is 0.407 e. The van der Waals surface area contributed by atoms with Crippen LogP contribution in [0.2, 0.25) is 0 Å². The minimum absolute atomic E-state index is 0.0782. The van der Waals surface area contributed by atoms with Gasteiger partial charge >= 0.3 is 6.09 Å². The molecule has 1 aliphatic rings. The van der Waals surface area contributed by atoms with Crippen molar-refractivity contribution >= 4 is 6.09 Å². The highest BCUT2D eigenvalue weighted by molar-refractivity contribution is 5.68. The van der Waals surface area contributed by atoms with Crippen LogP contribution in [0.5, 0.6) is 0 Å². The molecule has 3 rings (SSSR count). The first kappa shape index (κ1) is 12.7. The summed E-state index contributed by atoms with van der Waals surface area (Å²) in [7, 11) is 0. The molecule has 2 aromatic carbocycles. The minimum atomic E-state index is -0.351. The molecule has 3 heteroatoms. The lowest BCUT2D eigenvalue weighted by molar-refractivity contribution is 0.135. The Morgan fingerprint density at radius 3 is 2.70 bits per heavy atom. The van der Waals surface area contributed by atoms with Gasteiger partial charge in [-0.1, -0.05) is 54.6 Å². The summed E-state index contributed by atoms with van der Waals surface area (Å²) in [6.07, 6.45) is 1.61. The topological polar surface area (TPSA) is 38.3 Å². The lowest BCUT2D eigenvalue weighted by Gasteiger charge is -2.14. The molecule has 20 heavy (non-hydrogen) atoms. The fourth-order valence-corrected chi connectivity index (χ4v) is 2.61. The zero-order valence-corrected chi connectivity index (χ0v) is 11.2. The summed E-state index contributed by atoms with van der Waals surface area (Å²) in [5.74, 6) is 0. The highest BCUT2D eigenvalue weighted by Crippen LogP contribution is 2.30. The number of hydrogen-bond donors (Lipinski definition) is 1. The van der Waals surface area contributed by atoms with Gasteiger partial charge in [0.05, 0.1) is 6.04 Å². The van der Waals surface area contributed by atoms with Gasteiger partial charge in [-0.25, -0.2) is 4.79 Å². The Morgan fingerprint density at radius 2 is 1.85 bits per heavy atom. The van der Waals surface area contributed by atoms with Crippen LogP contribution < -0.4 is 5.32 Å². The second-order valence-corrected chi connectivity index (χ2v) is 5.00. The summed E-state index contributed by atoms with van der Waals surface area (Å²) in [5.41, 5.74) is 3.53. The Labute approximate surface area is 118 Å². The quantitative estimate of drug-likeness (QED) is 0.922. The molecule has 0 unspecified atom stereocenters. The molecule has 2 aromatic rings. The maximum absolute atomic E-state index is 11.8. The molecule has 0 saturated heterocycles. The molecule has 102 valence electrons. The first-order chi connectivity index (χ1) is 9.83. The predicted molar refractivity (Wildman–Crippen MR) is 77.3 cm³/mol. The Hall–Kier alpha value is -2.29. The number of carbonyl (C=O) groups is 1. The summed E-state index contributed by atoms with van der Waals surface area (Å²) in [5, 5.41) is 2.94. The molecule has 1 N–H and O–H groups in total. The third-order valence-corrected chi connectivity index (χ3v) is 3.64. The zero-order chi connectivity index (χ0) is 13.8. The molecule has 1 atom stereocenters. The van der Waals surface area contributed by atoms with Crippen molar-refractivity contribution in [1.29, 1.82) is 0 Å². The minimum Gasteiger partial charge on any atom is -0.445 e. The van der Waals surface area contributed by atoms with Crippen LogP contribution in [-0.4, -0.2) is 6.09 Å². The van der Waals surface area contributed by atoms with Crippen molar-refractivity contribution in [2.75, 3.05) is 0 Å². The highest BCUT2D eigenvalue weighted by Gasteiger charge is 2.23. The summed E-state index contributed by atoms with van der Waals surface area (Å²) < 4.78 is 5.25. The summed E-state index contributed by atoms with van der Waals surface area (Å²) in [6.45, 7) is 0.307. The lowest BCUT2D eigenvalue weighted by Crippen LogP contribution is -2.27. The van der Waals surface area contributed by atoms with E-state index >= 15 is 0 Å². The van der Waals surface area contributed by atoms with Crippen LogP contribution >= 0.6 is 0 Å². The van der Waals surface area contributed by atoms with Gasteiger partial charge in [-0.05, 0) is 29.5 Å². The number of benzene rings is 2. The van der Waals surface area contributed by atoms with E-state index in [9.17, 15) is 4.79 Å². The molecule has 0 spiro atoms. The Kier molecular flexibility index (Phi) is 3.68. The lowest BCUT2D eigenvalue weighted by atomic mass is 10.1. The number of carbonyl (C=O) groups excluding carboxylic acids is 1. The Bertz CT molecular complexity index is 595. The van der Waals surface area contributed by atoms with Gasteiger partial charge in [0.25, 0.3) is 0 Å². The molecule has 0 aliphatic heterocycles. The second kappa shape index (κ2) is 5.78. The van der Waals surface area contributed by atoms with Crippen LogP contribution in [0.4, 0.5) is 4.79 Å². The van der Waals surface area contributed by atoms with Crippen molar-refractivity contribution in [3.05, 3.63) is 71.3 Å². The van der Waals surface area contributed by atoms with E-state index in [1.165, 1.54) is 11.1 Å². The van der Waals surface area contributed by atoms with Crippen molar-refractivity contribution in [3.8, 4) is 0 Å². The molecule has 1 amide bonds. The fraction of sp³-hybridized carbons (Fsp3) is 0.235. The average Bonchev–Trinajstić information content (AvgIpc) is 2.90. The van der Waals surface area contributed by atoms with Gasteiger partial charge in [0.15, 0.2) is 0 Å². The standard InChI is InChI=1S/C17H17NO2/c19-17(20-12-13-6-2-1-3-7-13)18-16-11-10-14-8-4-5-9-15(14)16/h1-9,16H,10-12H2,(H,18,19)/t16-/m1/s1. The van der Waals surface area contributed by atoms with E-state index in [2.05, 4.69) is 17.4 Å². The Morgan fingerprint density at radius 1 is 1.10 bits per heavy atom. The monoisotopic (exact) mass is 267 g/mol. The van der Waals surface area contributed by atoms with Crippen molar-refractivity contribution in [2.45, 2.75) is 25.5 Å². The fourth-order valence-electron chi connectivity index (χ4n) is 2.61. The van der Waals surface area contributed by atoms with Gasteiger partial charge in [-0.3, -0.25) is 0 Å². The van der Waals surface area contributed by atoms with Crippen molar-refractivity contribution in [3.63, 3.8) is 0 Å². The van der Waals surface area contributed by atoms with E-state index in [0.29, 0.717) is 6.61 Å². The first-order valence-corrected chi connectivity index (χ1v) is 6.88. The van der Waals surface area contributed by atoms with Crippen molar-refractivity contribution < 1.29 is 9.53 Å². The smallest absolute Gasteiger partial charge is 0.407 e. The van der Waals surface area contributed by atoms with Gasteiger partial charge in [0, 0.05) is 0 Å². The molecule has 1 aliphatic carbocycles. The second-order valence-electron chi connectivity index (χ2n) is 5.00. The molecular formula is C17H17NO2. The summed E-state index contributed by atoms with van der Waals surface area (Å²) in [4.78, 5) is 11.8. The number of amides is 1. The summed E-state index contributed by atoms with van der Waals surface area (Å²) in [6, 6.07) is 18.0. The van der Waals surface area contributed by atoms with Crippen molar-refractivity contribution in [2.24, 2.45) is 0 Å². The molecule has 0 heterocycles. The highest BCUT2D eigenvalue weighted by atomic mass is 16.5. The van der Waals surface area contributed by atoms with Crippen LogP contribution in [-0.2, 0) is 17.8 Å². The van der Waals surface area contributed by atoms with Gasteiger partial charge in [-0.15, -0.1) is 0 Å². The number of aryl methyl sites for hydroxylation is 1. The number of ether oxygens (including phenoxy) is 1. The van der Waals surface area contributed by atoms with E-state index in [4.69, 9.17) is 4.74 Å². The van der Waals surface area contributed by atoms with Gasteiger partial charge in [-0.2, -0.15) is 0 Å². The third-order valence-electron chi connectivity index (χ3n) is 3.64. The molecule has 0 aromatic heterocycles. The largest absolute Gasteiger partial charge is 0.445 e. The molecule has 0 saturated carbocycles. The zero-order valence-electron chi connectivity index (χ0n) is 11.2. The molecule has 0 bridgehead atoms. The van der Waals surface area contributed by atoms with E-state index in [-0.39, 0.29) is 12.1 Å². The van der Waals surface area contributed by atoms with E-state index in [0.717, 1.165) is 18.4 Å². The predicted octanol–water partition coefficient (Wildman–Crippen LogP) is 3.60. The van der Waals surface area contributed by atoms with E-state index < -0.39 is 0 Å². The third kappa shape index (κ3) is 2.82. The number of fused-ring (bicyclic) bond motifs is 1. The number of hydrogen-bond acceptors (Lipinski definition) is 2. The normalized spacial score (nSPS) is 16.5. The molecular weight excluding hydrogens is 250 g/mol. The maximum atomic E-state index is 11.8. The first-order valence-electron chi connectivity index (χ1n) is 6.88. The van der Waals surface area contributed by atoms with Crippen LogP contribution in [0, 0.1) is 0 Å². The summed E-state index contributed by atoms with van der Waals surface area (Å²) >= 11 is 0. The van der Waals surface area contributed by atoms with E-state index in [1.54, 1.807) is 0 Å². The van der Waals surface area contributed by atoms with E-state index in [1.807, 2.05) is 42.5 Å². The average molecular weight is 267 g/mol. The van der Waals surface area contributed by atoms with Crippen molar-refractivity contribution in [1.82, 2.24) is 5.32 Å². The molecule has 3 nitrogen and oxygen atoms in total. The van der Waals surface area contributed by atoms with Gasteiger partial charge in [0.2, 0.25) is 0 Å². The van der Waals surface area contributed by atoms with Crippen LogP contribution in [0.15, 0.2) is 54.6 Å². The number of rotatable bonds is 3. The van der Waals surface area contributed by atoms with Crippen LogP contribution in [0.1, 0.15) is 29.2 Å².